The zero-order chi connectivity index (χ0) is 13.9. The molecule has 1 saturated carbocycles. The molecular formula is C17H23NO2. The van der Waals surface area contributed by atoms with Crippen molar-refractivity contribution in [2.75, 3.05) is 13.7 Å². The van der Waals surface area contributed by atoms with E-state index in [1.165, 1.54) is 12.0 Å². The van der Waals surface area contributed by atoms with Gasteiger partial charge in [-0.3, -0.25) is 4.79 Å². The number of amides is 1. The van der Waals surface area contributed by atoms with E-state index in [2.05, 4.69) is 11.0 Å². The summed E-state index contributed by atoms with van der Waals surface area (Å²) < 4.78 is 5.43. The molecule has 1 aromatic rings. The number of hydrogen-bond acceptors (Lipinski definition) is 2. The molecule has 1 aliphatic heterocycles. The van der Waals surface area contributed by atoms with Crippen molar-refractivity contribution in [1.82, 2.24) is 4.90 Å². The molecule has 20 heavy (non-hydrogen) atoms. The third kappa shape index (κ3) is 2.54. The van der Waals surface area contributed by atoms with Crippen LogP contribution in [-0.4, -0.2) is 30.5 Å². The third-order valence-corrected chi connectivity index (χ3v) is 4.76. The van der Waals surface area contributed by atoms with Gasteiger partial charge in [-0.25, -0.2) is 0 Å². The Morgan fingerprint density at radius 1 is 1.25 bits per heavy atom. The Labute approximate surface area is 120 Å². The Morgan fingerprint density at radius 2 is 2.05 bits per heavy atom. The molecule has 108 valence electrons. The molecule has 1 heterocycles. The summed E-state index contributed by atoms with van der Waals surface area (Å²) in [6.07, 6.45) is 6.59. The Hall–Kier alpha value is -1.51. The first-order valence-corrected chi connectivity index (χ1v) is 7.72. The fourth-order valence-electron chi connectivity index (χ4n) is 3.35. The number of benzene rings is 1. The SMILES string of the molecule is COc1ccccc1C[C@H]1CCCN1C(=O)C1CCC1. The van der Waals surface area contributed by atoms with Gasteiger partial charge in [-0.15, -0.1) is 0 Å². The summed E-state index contributed by atoms with van der Waals surface area (Å²) in [6.45, 7) is 0.940. The molecule has 0 spiro atoms. The highest BCUT2D eigenvalue weighted by Crippen LogP contribution is 2.32. The Balaban J connectivity index is 1.70. The molecule has 1 saturated heterocycles. The van der Waals surface area contributed by atoms with Crippen LogP contribution in [-0.2, 0) is 11.2 Å². The zero-order valence-electron chi connectivity index (χ0n) is 12.2. The van der Waals surface area contributed by atoms with E-state index in [1.54, 1.807) is 7.11 Å². The molecule has 0 aromatic heterocycles. The second-order valence-electron chi connectivity index (χ2n) is 5.97. The number of ether oxygens (including phenoxy) is 1. The zero-order valence-corrected chi connectivity index (χ0v) is 12.2. The fourth-order valence-corrected chi connectivity index (χ4v) is 3.35. The lowest BCUT2D eigenvalue weighted by atomic mass is 9.84. The van der Waals surface area contributed by atoms with Crippen molar-refractivity contribution in [2.45, 2.75) is 44.6 Å². The van der Waals surface area contributed by atoms with Crippen LogP contribution in [0.3, 0.4) is 0 Å². The lowest BCUT2D eigenvalue weighted by Gasteiger charge is -2.33. The highest BCUT2D eigenvalue weighted by Gasteiger charge is 2.35. The number of methoxy groups -OCH3 is 1. The summed E-state index contributed by atoms with van der Waals surface area (Å²) in [4.78, 5) is 14.6. The monoisotopic (exact) mass is 273 g/mol. The molecule has 1 amide bonds. The number of nitrogens with zero attached hydrogens (tertiary/aromatic N) is 1. The predicted octanol–water partition coefficient (Wildman–Crippen LogP) is 3.03. The standard InChI is InChI=1S/C17H23NO2/c1-20-16-10-3-2-6-14(16)12-15-9-5-11-18(15)17(19)13-7-4-8-13/h2-3,6,10,13,15H,4-5,7-9,11-12H2,1H3/t15-/m1/s1. The van der Waals surface area contributed by atoms with E-state index in [4.69, 9.17) is 4.74 Å². The van der Waals surface area contributed by atoms with Crippen molar-refractivity contribution in [3.63, 3.8) is 0 Å². The summed E-state index contributed by atoms with van der Waals surface area (Å²) in [5, 5.41) is 0. The van der Waals surface area contributed by atoms with Gasteiger partial charge >= 0.3 is 0 Å². The number of rotatable bonds is 4. The quantitative estimate of drug-likeness (QED) is 0.844. The number of carbonyl (C=O) groups is 1. The van der Waals surface area contributed by atoms with Gasteiger partial charge in [0.15, 0.2) is 0 Å². The number of carbonyl (C=O) groups excluding carboxylic acids is 1. The van der Waals surface area contributed by atoms with Crippen LogP contribution in [0.2, 0.25) is 0 Å². The maximum Gasteiger partial charge on any atom is 0.225 e. The van der Waals surface area contributed by atoms with Crippen LogP contribution >= 0.6 is 0 Å². The molecule has 2 aliphatic rings. The minimum absolute atomic E-state index is 0.313. The molecule has 0 bridgehead atoms. The van der Waals surface area contributed by atoms with Crippen LogP contribution in [0.4, 0.5) is 0 Å². The van der Waals surface area contributed by atoms with Crippen LogP contribution in [0.1, 0.15) is 37.7 Å². The fraction of sp³-hybridized carbons (Fsp3) is 0.588. The van der Waals surface area contributed by atoms with E-state index in [1.807, 2.05) is 18.2 Å². The summed E-state index contributed by atoms with van der Waals surface area (Å²) in [5.74, 6) is 1.65. The van der Waals surface area contributed by atoms with Crippen LogP contribution in [0.5, 0.6) is 5.75 Å². The van der Waals surface area contributed by atoms with Gasteiger partial charge in [-0.2, -0.15) is 0 Å². The van der Waals surface area contributed by atoms with E-state index >= 15 is 0 Å². The molecule has 3 nitrogen and oxygen atoms in total. The van der Waals surface area contributed by atoms with Crippen LogP contribution in [0, 0.1) is 5.92 Å². The van der Waals surface area contributed by atoms with E-state index in [-0.39, 0.29) is 0 Å². The van der Waals surface area contributed by atoms with E-state index in [9.17, 15) is 4.79 Å². The van der Waals surface area contributed by atoms with E-state index < -0.39 is 0 Å². The topological polar surface area (TPSA) is 29.5 Å². The molecule has 3 heteroatoms. The van der Waals surface area contributed by atoms with Gasteiger partial charge < -0.3 is 9.64 Å². The van der Waals surface area contributed by atoms with Gasteiger partial charge in [0.05, 0.1) is 7.11 Å². The van der Waals surface area contributed by atoms with Crippen molar-refractivity contribution in [3.05, 3.63) is 29.8 Å². The maximum atomic E-state index is 12.5. The van der Waals surface area contributed by atoms with Crippen molar-refractivity contribution < 1.29 is 9.53 Å². The molecule has 0 N–H and O–H groups in total. The summed E-state index contributed by atoms with van der Waals surface area (Å²) in [7, 11) is 1.71. The van der Waals surface area contributed by atoms with Gasteiger partial charge in [-0.1, -0.05) is 24.6 Å². The maximum absolute atomic E-state index is 12.5. The second kappa shape index (κ2) is 5.86. The highest BCUT2D eigenvalue weighted by molar-refractivity contribution is 5.80. The van der Waals surface area contributed by atoms with Crippen molar-refractivity contribution in [3.8, 4) is 5.75 Å². The molecule has 1 atom stereocenters. The molecule has 0 unspecified atom stereocenters. The highest BCUT2D eigenvalue weighted by atomic mass is 16.5. The van der Waals surface area contributed by atoms with Gasteiger partial charge in [0.1, 0.15) is 5.75 Å². The normalized spacial score (nSPS) is 22.6. The average Bonchev–Trinajstić information content (AvgIpc) is 2.85. The van der Waals surface area contributed by atoms with Gasteiger partial charge in [-0.05, 0) is 43.7 Å². The first kappa shape index (κ1) is 13.5. The van der Waals surface area contributed by atoms with Gasteiger partial charge in [0, 0.05) is 18.5 Å². The number of para-hydroxylation sites is 1. The second-order valence-corrected chi connectivity index (χ2v) is 5.97. The summed E-state index contributed by atoms with van der Waals surface area (Å²) in [6, 6.07) is 8.52. The van der Waals surface area contributed by atoms with Crippen LogP contribution in [0.15, 0.2) is 24.3 Å². The molecule has 2 fully saturated rings. The minimum atomic E-state index is 0.313. The van der Waals surface area contributed by atoms with Crippen molar-refractivity contribution in [2.24, 2.45) is 5.92 Å². The predicted molar refractivity (Wildman–Crippen MR) is 78.8 cm³/mol. The molecule has 1 aliphatic carbocycles. The number of likely N-dealkylation sites (tertiary alicyclic amines) is 1. The lowest BCUT2D eigenvalue weighted by Crippen LogP contribution is -2.42. The summed E-state index contributed by atoms with van der Waals surface area (Å²) >= 11 is 0. The molecule has 3 rings (SSSR count). The Morgan fingerprint density at radius 3 is 2.75 bits per heavy atom. The Bertz CT molecular complexity index is 482. The molecular weight excluding hydrogens is 250 g/mol. The van der Waals surface area contributed by atoms with Crippen molar-refractivity contribution in [1.29, 1.82) is 0 Å². The van der Waals surface area contributed by atoms with Crippen LogP contribution in [0.25, 0.3) is 0 Å². The average molecular weight is 273 g/mol. The summed E-state index contributed by atoms with van der Waals surface area (Å²) in [5.41, 5.74) is 1.22. The van der Waals surface area contributed by atoms with Crippen LogP contribution < -0.4 is 4.74 Å². The smallest absolute Gasteiger partial charge is 0.225 e. The van der Waals surface area contributed by atoms with Crippen molar-refractivity contribution >= 4 is 5.91 Å². The van der Waals surface area contributed by atoms with Gasteiger partial charge in [0.25, 0.3) is 0 Å². The number of hydrogen-bond donors (Lipinski definition) is 0. The largest absolute Gasteiger partial charge is 0.496 e. The molecule has 1 aromatic carbocycles. The van der Waals surface area contributed by atoms with Gasteiger partial charge in [0.2, 0.25) is 5.91 Å². The van der Waals surface area contributed by atoms with E-state index in [0.29, 0.717) is 17.9 Å². The molecule has 0 radical (unpaired) electrons. The lowest BCUT2D eigenvalue weighted by molar-refractivity contribution is -0.139. The Kier molecular flexibility index (Phi) is 3.95. The first-order chi connectivity index (χ1) is 9.79. The first-order valence-electron chi connectivity index (χ1n) is 7.72. The van der Waals surface area contributed by atoms with E-state index in [0.717, 1.165) is 44.4 Å². The third-order valence-electron chi connectivity index (χ3n) is 4.76. The minimum Gasteiger partial charge on any atom is -0.496 e.